The summed E-state index contributed by atoms with van der Waals surface area (Å²) in [4.78, 5) is 20.8. The number of nitrogens with zero attached hydrogens (tertiary/aromatic N) is 3. The van der Waals surface area contributed by atoms with Crippen molar-refractivity contribution in [2.75, 3.05) is 13.1 Å². The van der Waals surface area contributed by atoms with E-state index in [1.165, 1.54) is 28.0 Å². The molecule has 0 unspecified atom stereocenters. The lowest BCUT2D eigenvalue weighted by Crippen LogP contribution is -2.27. The van der Waals surface area contributed by atoms with Gasteiger partial charge in [-0.25, -0.2) is 13.4 Å². The maximum atomic E-state index is 12.5. The Hall–Kier alpha value is -1.84. The summed E-state index contributed by atoms with van der Waals surface area (Å²) in [5.41, 5.74) is 0.976. The number of aryl methyl sites for hydroxylation is 1. The molecule has 0 aromatic carbocycles. The monoisotopic (exact) mass is 366 g/mol. The van der Waals surface area contributed by atoms with Gasteiger partial charge >= 0.3 is 0 Å². The first-order valence-corrected chi connectivity index (χ1v) is 9.88. The molecule has 0 saturated carbocycles. The minimum absolute atomic E-state index is 0.238. The zero-order valence-electron chi connectivity index (χ0n) is 13.2. The standard InChI is InChI=1S/C15H18N4O3S2/c1-11-8-17-13(10-16-11)15(20)18-9-12-4-5-14(23-12)24(21,22)19-6-2-3-7-19/h4-5,8,10H,2-3,6-7,9H2,1H3,(H,18,20). The molecule has 0 radical (unpaired) electrons. The Morgan fingerprint density at radius 1 is 1.25 bits per heavy atom. The molecule has 0 aliphatic carbocycles. The topological polar surface area (TPSA) is 92.3 Å². The van der Waals surface area contributed by atoms with Crippen molar-refractivity contribution in [3.8, 4) is 0 Å². The van der Waals surface area contributed by atoms with Crippen LogP contribution in [0.2, 0.25) is 0 Å². The highest BCUT2D eigenvalue weighted by molar-refractivity contribution is 7.91. The van der Waals surface area contributed by atoms with Crippen molar-refractivity contribution in [3.63, 3.8) is 0 Å². The fourth-order valence-corrected chi connectivity index (χ4v) is 5.38. The Bertz CT molecular complexity index is 825. The molecule has 24 heavy (non-hydrogen) atoms. The number of carbonyl (C=O) groups excluding carboxylic acids is 1. The molecular weight excluding hydrogens is 348 g/mol. The average Bonchev–Trinajstić information content (AvgIpc) is 3.25. The molecule has 1 amide bonds. The van der Waals surface area contributed by atoms with Crippen molar-refractivity contribution in [3.05, 3.63) is 40.8 Å². The lowest BCUT2D eigenvalue weighted by Gasteiger charge is -2.13. The first-order chi connectivity index (χ1) is 11.5. The molecule has 1 fully saturated rings. The van der Waals surface area contributed by atoms with Gasteiger partial charge in [-0.1, -0.05) is 0 Å². The highest BCUT2D eigenvalue weighted by atomic mass is 32.2. The zero-order valence-corrected chi connectivity index (χ0v) is 14.9. The molecule has 1 saturated heterocycles. The molecule has 128 valence electrons. The largest absolute Gasteiger partial charge is 0.346 e. The quantitative estimate of drug-likeness (QED) is 0.867. The minimum atomic E-state index is -3.40. The van der Waals surface area contributed by atoms with Gasteiger partial charge in [0.15, 0.2) is 0 Å². The van der Waals surface area contributed by atoms with Crippen molar-refractivity contribution in [2.45, 2.75) is 30.5 Å². The van der Waals surface area contributed by atoms with Crippen molar-refractivity contribution in [2.24, 2.45) is 0 Å². The van der Waals surface area contributed by atoms with Gasteiger partial charge in [0.05, 0.1) is 18.4 Å². The van der Waals surface area contributed by atoms with E-state index in [2.05, 4.69) is 15.3 Å². The van der Waals surface area contributed by atoms with Gasteiger partial charge in [0.25, 0.3) is 15.9 Å². The maximum absolute atomic E-state index is 12.5. The highest BCUT2D eigenvalue weighted by Crippen LogP contribution is 2.27. The van der Waals surface area contributed by atoms with Crippen LogP contribution in [0.1, 0.15) is 33.9 Å². The molecule has 0 atom stereocenters. The molecule has 3 rings (SSSR count). The summed E-state index contributed by atoms with van der Waals surface area (Å²) in [6.07, 6.45) is 4.76. The molecular formula is C15H18N4O3S2. The van der Waals surface area contributed by atoms with Crippen LogP contribution in [0.4, 0.5) is 0 Å². The third-order valence-electron chi connectivity index (χ3n) is 3.73. The molecule has 0 bridgehead atoms. The molecule has 0 spiro atoms. The number of aromatic nitrogens is 2. The van der Waals surface area contributed by atoms with Gasteiger partial charge in [-0.3, -0.25) is 9.78 Å². The second-order valence-electron chi connectivity index (χ2n) is 5.56. The van der Waals surface area contributed by atoms with Gasteiger partial charge in [0, 0.05) is 24.2 Å². The number of amides is 1. The molecule has 2 aromatic heterocycles. The van der Waals surface area contributed by atoms with Crippen LogP contribution in [0.5, 0.6) is 0 Å². The van der Waals surface area contributed by atoms with Gasteiger partial charge in [-0.2, -0.15) is 4.31 Å². The van der Waals surface area contributed by atoms with Crippen molar-refractivity contribution >= 4 is 27.3 Å². The van der Waals surface area contributed by atoms with Gasteiger partial charge in [-0.15, -0.1) is 11.3 Å². The number of hydrogen-bond acceptors (Lipinski definition) is 6. The second kappa shape index (κ2) is 6.96. The molecule has 2 aromatic rings. The molecule has 1 aliphatic heterocycles. The van der Waals surface area contributed by atoms with Crippen LogP contribution in [0.3, 0.4) is 0 Å². The smallest absolute Gasteiger partial charge is 0.271 e. The van der Waals surface area contributed by atoms with Gasteiger partial charge < -0.3 is 5.32 Å². The van der Waals surface area contributed by atoms with Crippen LogP contribution in [0.15, 0.2) is 28.7 Å². The minimum Gasteiger partial charge on any atom is -0.346 e. The van der Waals surface area contributed by atoms with E-state index in [4.69, 9.17) is 0 Å². The van der Waals surface area contributed by atoms with E-state index in [0.717, 1.165) is 23.4 Å². The zero-order chi connectivity index (χ0) is 17.2. The molecule has 7 nitrogen and oxygen atoms in total. The van der Waals surface area contributed by atoms with Crippen LogP contribution >= 0.6 is 11.3 Å². The van der Waals surface area contributed by atoms with E-state index in [-0.39, 0.29) is 18.1 Å². The van der Waals surface area contributed by atoms with E-state index in [0.29, 0.717) is 17.3 Å². The van der Waals surface area contributed by atoms with E-state index < -0.39 is 10.0 Å². The van der Waals surface area contributed by atoms with Crippen molar-refractivity contribution in [1.29, 1.82) is 0 Å². The van der Waals surface area contributed by atoms with E-state index in [1.807, 2.05) is 0 Å². The Kier molecular flexibility index (Phi) is 4.93. The summed E-state index contributed by atoms with van der Waals surface area (Å²) in [5, 5.41) is 2.73. The number of sulfonamides is 1. The fraction of sp³-hybridized carbons (Fsp3) is 0.400. The van der Waals surface area contributed by atoms with Crippen molar-refractivity contribution in [1.82, 2.24) is 19.6 Å². The first-order valence-electron chi connectivity index (χ1n) is 7.62. The Balaban J connectivity index is 1.64. The summed E-state index contributed by atoms with van der Waals surface area (Å²) in [6, 6.07) is 3.33. The Morgan fingerprint density at radius 2 is 2.00 bits per heavy atom. The summed E-state index contributed by atoms with van der Waals surface area (Å²) in [7, 11) is -3.40. The van der Waals surface area contributed by atoms with Gasteiger partial charge in [0.2, 0.25) is 0 Å². The number of hydrogen-bond donors (Lipinski definition) is 1. The highest BCUT2D eigenvalue weighted by Gasteiger charge is 2.28. The van der Waals surface area contributed by atoms with Crippen LogP contribution in [0.25, 0.3) is 0 Å². The number of thiophene rings is 1. The second-order valence-corrected chi connectivity index (χ2v) is 8.89. The van der Waals surface area contributed by atoms with E-state index in [9.17, 15) is 13.2 Å². The Labute approximate surface area is 144 Å². The summed E-state index contributed by atoms with van der Waals surface area (Å²) in [6.45, 7) is 3.22. The van der Waals surface area contributed by atoms with Crippen LogP contribution in [-0.4, -0.2) is 41.7 Å². The Morgan fingerprint density at radius 3 is 2.67 bits per heavy atom. The van der Waals surface area contributed by atoms with Gasteiger partial charge in [-0.05, 0) is 31.9 Å². The van der Waals surface area contributed by atoms with Crippen LogP contribution < -0.4 is 5.32 Å². The third-order valence-corrected chi connectivity index (χ3v) is 7.18. The van der Waals surface area contributed by atoms with Crippen LogP contribution in [0, 0.1) is 6.92 Å². The first kappa shape index (κ1) is 17.0. The van der Waals surface area contributed by atoms with Gasteiger partial charge in [0.1, 0.15) is 9.90 Å². The predicted molar refractivity (Wildman–Crippen MR) is 90.3 cm³/mol. The fourth-order valence-electron chi connectivity index (χ4n) is 2.42. The normalized spacial score (nSPS) is 15.5. The lowest BCUT2D eigenvalue weighted by atomic mass is 10.4. The predicted octanol–water partition coefficient (Wildman–Crippen LogP) is 1.56. The van der Waals surface area contributed by atoms with Crippen LogP contribution in [-0.2, 0) is 16.6 Å². The lowest BCUT2D eigenvalue weighted by molar-refractivity contribution is 0.0946. The molecule has 1 aliphatic rings. The summed E-state index contributed by atoms with van der Waals surface area (Å²) < 4.78 is 26.8. The maximum Gasteiger partial charge on any atom is 0.271 e. The SMILES string of the molecule is Cc1cnc(C(=O)NCc2ccc(S(=O)(=O)N3CCCC3)s2)cn1. The number of nitrogens with one attached hydrogen (secondary N) is 1. The molecule has 9 heteroatoms. The summed E-state index contributed by atoms with van der Waals surface area (Å²) in [5.74, 6) is -0.333. The summed E-state index contributed by atoms with van der Waals surface area (Å²) >= 11 is 1.19. The molecule has 3 heterocycles. The van der Waals surface area contributed by atoms with E-state index >= 15 is 0 Å². The molecule has 1 N–H and O–H groups in total. The van der Waals surface area contributed by atoms with E-state index in [1.54, 1.807) is 19.1 Å². The third kappa shape index (κ3) is 3.63. The van der Waals surface area contributed by atoms with Crippen molar-refractivity contribution < 1.29 is 13.2 Å². The number of rotatable bonds is 5. The number of carbonyl (C=O) groups is 1. The average molecular weight is 366 g/mol.